The van der Waals surface area contributed by atoms with Gasteiger partial charge in [-0.25, -0.2) is 9.82 Å². The summed E-state index contributed by atoms with van der Waals surface area (Å²) in [5.41, 5.74) is 7.10. The van der Waals surface area contributed by atoms with E-state index in [9.17, 15) is 33.5 Å². The molecule has 1 unspecified atom stereocenters. The maximum atomic E-state index is 14.7. The number of fused-ring (bicyclic) bond motifs is 6. The van der Waals surface area contributed by atoms with E-state index in [2.05, 4.69) is 54.3 Å². The first kappa shape index (κ1) is 49.3. The topological polar surface area (TPSA) is 176 Å². The van der Waals surface area contributed by atoms with Crippen LogP contribution in [0.5, 0.6) is 5.75 Å². The Labute approximate surface area is 396 Å². The molecule has 17 heteroatoms. The van der Waals surface area contributed by atoms with Gasteiger partial charge in [0.05, 0.1) is 30.0 Å². The average molecular weight is 945 g/mol. The second-order valence-corrected chi connectivity index (χ2v) is 19.6. The van der Waals surface area contributed by atoms with E-state index in [1.54, 1.807) is 39.3 Å². The van der Waals surface area contributed by atoms with Crippen LogP contribution in [-0.2, 0) is 52.8 Å². The molecule has 3 aliphatic heterocycles. The molecule has 3 N–H and O–H groups in total. The summed E-state index contributed by atoms with van der Waals surface area (Å²) in [6, 6.07) is 12.2. The number of hydrogen-bond acceptors (Lipinski definition) is 10. The van der Waals surface area contributed by atoms with Crippen LogP contribution in [0.4, 0.5) is 4.39 Å². The van der Waals surface area contributed by atoms with Gasteiger partial charge in [0.2, 0.25) is 11.8 Å². The van der Waals surface area contributed by atoms with Crippen molar-refractivity contribution in [3.05, 3.63) is 71.5 Å². The molecule has 15 nitrogen and oxygen atoms in total. The zero-order valence-electron chi connectivity index (χ0n) is 39.6. The first-order chi connectivity index (χ1) is 31.8. The molecular weight excluding hydrogens is 881 g/mol. The van der Waals surface area contributed by atoms with Crippen LogP contribution in [0.1, 0.15) is 83.7 Å². The maximum Gasteiger partial charge on any atom is 0.324 e. The van der Waals surface area contributed by atoms with Gasteiger partial charge in [0.25, 0.3) is 17.4 Å². The van der Waals surface area contributed by atoms with Crippen LogP contribution in [0.2, 0.25) is 0 Å². The Hall–Kier alpha value is -5.58. The van der Waals surface area contributed by atoms with Crippen molar-refractivity contribution < 1.29 is 42.9 Å². The number of methoxy groups -OCH3 is 1. The second kappa shape index (κ2) is 20.3. The predicted octanol–water partition coefficient (Wildman–Crippen LogP) is 6.32. The molecule has 6 bridgehead atoms. The number of nitrogens with one attached hydrogen (secondary N) is 2. The predicted molar refractivity (Wildman–Crippen MR) is 252 cm³/mol. The Morgan fingerprint density at radius 2 is 1.85 bits per heavy atom. The van der Waals surface area contributed by atoms with E-state index >= 15 is 0 Å². The SMILES string of the molecule is CCn1c(-c2cccnc2[C@H](C)OC)c2c3cc(ccc31)-c1cc(O)cc(c1)C[C@H](NC(=O)[C@H](C(C)C)N(C)C(=O)[C@H]1CCN(C(=O)C(F)Cl)C1)C(=O)N1CCC[C@H](N1)C(=O)OCC(C)(C)C2. The molecule has 0 radical (unpaired) electrons. The van der Waals surface area contributed by atoms with E-state index in [-0.39, 0.29) is 50.9 Å². The highest BCUT2D eigenvalue weighted by atomic mass is 35.5. The summed E-state index contributed by atoms with van der Waals surface area (Å²) in [5.74, 6) is -4.07. The fraction of sp³-hybridized carbons (Fsp3) is 0.520. The smallest absolute Gasteiger partial charge is 0.324 e. The van der Waals surface area contributed by atoms with Crippen LogP contribution in [-0.4, -0.2) is 123 Å². The summed E-state index contributed by atoms with van der Waals surface area (Å²) in [6.07, 6.45) is 3.10. The van der Waals surface area contributed by atoms with E-state index in [1.165, 1.54) is 21.9 Å². The summed E-state index contributed by atoms with van der Waals surface area (Å²) in [4.78, 5) is 76.6. The highest BCUT2D eigenvalue weighted by Crippen LogP contribution is 2.42. The molecular formula is C50H63ClFN7O8. The van der Waals surface area contributed by atoms with Gasteiger partial charge < -0.3 is 34.3 Å². The van der Waals surface area contributed by atoms with Crippen molar-refractivity contribution in [3.63, 3.8) is 0 Å². The number of hydrogen-bond donors (Lipinski definition) is 3. The molecule has 2 aromatic heterocycles. The number of aryl methyl sites for hydroxylation is 1. The number of hydrazine groups is 1. The number of aromatic nitrogens is 2. The van der Waals surface area contributed by atoms with Gasteiger partial charge in [-0.1, -0.05) is 51.4 Å². The molecule has 360 valence electrons. The van der Waals surface area contributed by atoms with Crippen molar-refractivity contribution >= 4 is 52.1 Å². The number of phenolic OH excluding ortho intramolecular Hbond substituents is 1. The van der Waals surface area contributed by atoms with Crippen LogP contribution in [0.3, 0.4) is 0 Å². The number of cyclic esters (lactones) is 1. The van der Waals surface area contributed by atoms with Gasteiger partial charge in [-0.2, -0.15) is 0 Å². The average Bonchev–Trinajstić information content (AvgIpc) is 3.91. The minimum absolute atomic E-state index is 0.0385. The number of benzene rings is 2. The normalized spacial score (nSPS) is 21.4. The van der Waals surface area contributed by atoms with E-state index in [0.717, 1.165) is 39.0 Å². The lowest BCUT2D eigenvalue weighted by molar-refractivity contribution is -0.155. The lowest BCUT2D eigenvalue weighted by Crippen LogP contribution is -2.62. The highest BCUT2D eigenvalue weighted by Gasteiger charge is 2.41. The first-order valence-electron chi connectivity index (χ1n) is 23.2. The van der Waals surface area contributed by atoms with Gasteiger partial charge >= 0.3 is 5.97 Å². The van der Waals surface area contributed by atoms with Gasteiger partial charge in [0, 0.05) is 74.8 Å². The molecule has 4 amide bonds. The molecule has 4 aromatic rings. The minimum atomic E-state index is -2.22. The van der Waals surface area contributed by atoms with Crippen molar-refractivity contribution in [2.45, 2.75) is 110 Å². The molecule has 7 rings (SSSR count). The number of ether oxygens (including phenoxy) is 2. The van der Waals surface area contributed by atoms with Gasteiger partial charge in [0.15, 0.2) is 0 Å². The third-order valence-corrected chi connectivity index (χ3v) is 13.6. The lowest BCUT2D eigenvalue weighted by Gasteiger charge is -2.37. The minimum Gasteiger partial charge on any atom is -0.508 e. The number of alkyl halides is 2. The zero-order chi connectivity index (χ0) is 48.5. The summed E-state index contributed by atoms with van der Waals surface area (Å²) >= 11 is 5.41. The number of esters is 1. The van der Waals surface area contributed by atoms with Crippen LogP contribution in [0, 0.1) is 17.3 Å². The van der Waals surface area contributed by atoms with Crippen LogP contribution < -0.4 is 10.7 Å². The molecule has 3 aliphatic rings. The standard InChI is InChI=1S/C50H63ClFN7O8/c1-9-58-40-15-14-31-24-36(40)37(43(58)35-12-10-17-53-41(35)29(4)66-8)25-50(5,6)27-67-49(65)38-13-11-18-59(55-38)47(63)39(22-30-20-33(31)23-34(60)21-30)54-45(61)42(28(2)3)56(7)46(62)32-16-19-57(26-32)48(64)44(51)52/h10,12,14-15,17,20-21,23-24,28-29,32,38-39,42,44,55,60H,9,11,13,16,18-19,22,25-27H2,1-8H3,(H,54,61)/t29-,32-,38-,39-,42-,44?/m0/s1. The van der Waals surface area contributed by atoms with Gasteiger partial charge in [-0.05, 0) is 104 Å². The number of likely N-dealkylation sites (N-methyl/N-ethyl adjacent to an activating group) is 1. The number of pyridine rings is 1. The Bertz CT molecular complexity index is 2530. The summed E-state index contributed by atoms with van der Waals surface area (Å²) in [6.45, 7) is 12.8. The Balaban J connectivity index is 1.30. The second-order valence-electron chi connectivity index (χ2n) is 19.2. The van der Waals surface area contributed by atoms with Crippen LogP contribution in [0.25, 0.3) is 33.3 Å². The number of halogens is 2. The number of rotatable bonds is 10. The monoisotopic (exact) mass is 943 g/mol. The van der Waals surface area contributed by atoms with Gasteiger partial charge in [0.1, 0.15) is 23.9 Å². The molecule has 2 fully saturated rings. The first-order valence-corrected chi connectivity index (χ1v) is 23.6. The number of nitrogens with zero attached hydrogens (tertiary/aromatic N) is 5. The molecule has 67 heavy (non-hydrogen) atoms. The molecule has 0 spiro atoms. The largest absolute Gasteiger partial charge is 0.508 e. The summed E-state index contributed by atoms with van der Waals surface area (Å²) in [7, 11) is 3.16. The molecule has 2 aromatic carbocycles. The van der Waals surface area contributed by atoms with Crippen molar-refractivity contribution in [1.29, 1.82) is 0 Å². The van der Waals surface area contributed by atoms with E-state index < -0.39 is 70.6 Å². The molecule has 5 heterocycles. The number of carbonyl (C=O) groups is 5. The zero-order valence-corrected chi connectivity index (χ0v) is 40.4. The molecule has 2 saturated heterocycles. The van der Waals surface area contributed by atoms with Crippen molar-refractivity contribution in [1.82, 2.24) is 35.1 Å². The third-order valence-electron chi connectivity index (χ3n) is 13.4. The molecule has 0 saturated carbocycles. The van der Waals surface area contributed by atoms with Crippen molar-refractivity contribution in [3.8, 4) is 28.1 Å². The fourth-order valence-electron chi connectivity index (χ4n) is 9.97. The number of aromatic hydroxyl groups is 1. The highest BCUT2D eigenvalue weighted by molar-refractivity contribution is 6.29. The Kier molecular flexibility index (Phi) is 15.0. The summed E-state index contributed by atoms with van der Waals surface area (Å²) in [5, 5.41) is 16.6. The fourth-order valence-corrected chi connectivity index (χ4v) is 10.1. The number of phenols is 1. The Morgan fingerprint density at radius 1 is 1.09 bits per heavy atom. The van der Waals surface area contributed by atoms with E-state index in [0.29, 0.717) is 36.9 Å². The summed E-state index contributed by atoms with van der Waals surface area (Å²) < 4.78 is 27.8. The van der Waals surface area contributed by atoms with Gasteiger partial charge in [-0.15, -0.1) is 0 Å². The van der Waals surface area contributed by atoms with Crippen LogP contribution in [0.15, 0.2) is 54.7 Å². The van der Waals surface area contributed by atoms with Crippen LogP contribution >= 0.6 is 11.6 Å². The van der Waals surface area contributed by atoms with Gasteiger partial charge in [-0.3, -0.25) is 34.0 Å². The third kappa shape index (κ3) is 10.5. The maximum absolute atomic E-state index is 14.7. The van der Waals surface area contributed by atoms with Crippen molar-refractivity contribution in [2.75, 3.05) is 40.4 Å². The number of likely N-dealkylation sites (tertiary alicyclic amines) is 1. The van der Waals surface area contributed by atoms with Crippen molar-refractivity contribution in [2.24, 2.45) is 17.3 Å². The van der Waals surface area contributed by atoms with E-state index in [1.807, 2.05) is 25.1 Å². The quantitative estimate of drug-likeness (QED) is 0.121. The van der Waals surface area contributed by atoms with E-state index in [4.69, 9.17) is 26.1 Å². The molecule has 6 atom stereocenters. The molecule has 0 aliphatic carbocycles. The number of carbonyl (C=O) groups excluding carboxylic acids is 5. The number of amides is 4. The lowest BCUT2D eigenvalue weighted by atomic mass is 9.84. The Morgan fingerprint density at radius 3 is 2.55 bits per heavy atom.